The van der Waals surface area contributed by atoms with Crippen molar-refractivity contribution in [3.8, 4) is 0 Å². The summed E-state index contributed by atoms with van der Waals surface area (Å²) >= 11 is -2.15. The zero-order valence-electron chi connectivity index (χ0n) is 13.6. The molecule has 0 heterocycles. The molecule has 0 aliphatic heterocycles. The Hall–Kier alpha value is -1.72. The van der Waals surface area contributed by atoms with E-state index in [1.807, 2.05) is 0 Å². The summed E-state index contributed by atoms with van der Waals surface area (Å²) in [6.07, 6.45) is 2.32. The van der Waals surface area contributed by atoms with Crippen LogP contribution in [0.4, 0.5) is 0 Å². The summed E-state index contributed by atoms with van der Waals surface area (Å²) in [5, 5.41) is 0. The van der Waals surface area contributed by atoms with Crippen LogP contribution in [0.15, 0.2) is 82.6 Å². The van der Waals surface area contributed by atoms with Gasteiger partial charge in [-0.05, 0) is 0 Å². The number of rotatable bonds is 4. The van der Waals surface area contributed by atoms with Crippen molar-refractivity contribution in [2.45, 2.75) is 13.8 Å². The first-order chi connectivity index (χ1) is 11.3. The van der Waals surface area contributed by atoms with Gasteiger partial charge in [0.2, 0.25) is 0 Å². The number of benzene rings is 3. The predicted molar refractivity (Wildman–Crippen MR) is 103 cm³/mol. The van der Waals surface area contributed by atoms with Gasteiger partial charge in [-0.15, -0.1) is 0 Å². The van der Waals surface area contributed by atoms with E-state index >= 15 is 0 Å². The van der Waals surface area contributed by atoms with Gasteiger partial charge < -0.3 is 0 Å². The van der Waals surface area contributed by atoms with Gasteiger partial charge in [-0.25, -0.2) is 0 Å². The second kappa shape index (κ2) is 7.71. The molecule has 0 radical (unpaired) electrons. The monoisotopic (exact) mass is 494 g/mol. The first kappa shape index (κ1) is 16.2. The van der Waals surface area contributed by atoms with Crippen molar-refractivity contribution in [1.29, 1.82) is 0 Å². The van der Waals surface area contributed by atoms with Gasteiger partial charge in [0.1, 0.15) is 0 Å². The molecule has 0 atom stereocenters. The average molecular weight is 494 g/mol. The van der Waals surface area contributed by atoms with Crippen molar-refractivity contribution in [2.24, 2.45) is 0 Å². The third kappa shape index (κ3) is 3.98. The van der Waals surface area contributed by atoms with Crippen LogP contribution < -0.4 is 6.54 Å². The van der Waals surface area contributed by atoms with Gasteiger partial charge in [0, 0.05) is 0 Å². The van der Waals surface area contributed by atoms with Crippen molar-refractivity contribution in [3.63, 3.8) is 0 Å². The molecule has 0 aliphatic carbocycles. The van der Waals surface area contributed by atoms with E-state index in [1.54, 1.807) is 6.54 Å². The Kier molecular flexibility index (Phi) is 5.41. The van der Waals surface area contributed by atoms with Crippen molar-refractivity contribution < 1.29 is 0 Å². The average Bonchev–Trinajstić information content (AvgIpc) is 2.59. The SMILES string of the molecule is Cc1cccc[c]1[Bi]([CH]=Cc1ccccc1)[c]1ccccc1C. The molecule has 0 fully saturated rings. The molecule has 3 rings (SSSR count). The molecule has 0 amide bonds. The van der Waals surface area contributed by atoms with Gasteiger partial charge >= 0.3 is 148 Å². The Labute approximate surface area is 147 Å². The molecule has 0 unspecified atom stereocenters. The van der Waals surface area contributed by atoms with Crippen molar-refractivity contribution in [2.75, 3.05) is 0 Å². The fourth-order valence-corrected chi connectivity index (χ4v) is 11.6. The number of aryl methyl sites for hydroxylation is 2. The summed E-state index contributed by atoms with van der Waals surface area (Å²) in [5.74, 6) is 0. The summed E-state index contributed by atoms with van der Waals surface area (Å²) < 4.78 is 5.67. The van der Waals surface area contributed by atoms with E-state index in [0.717, 1.165) is 0 Å². The van der Waals surface area contributed by atoms with E-state index in [-0.39, 0.29) is 0 Å². The second-order valence-electron chi connectivity index (χ2n) is 5.67. The Morgan fingerprint density at radius 1 is 0.609 bits per heavy atom. The van der Waals surface area contributed by atoms with Crippen LogP contribution in [0.2, 0.25) is 0 Å². The van der Waals surface area contributed by atoms with Gasteiger partial charge in [-0.3, -0.25) is 0 Å². The standard InChI is InChI=1S/C8H7.2C7H7.Bi/c1-2-8-6-4-3-5-7-8;2*1-7-5-3-2-4-6-7;/h1-7H;2*2-5H,1H3;. The minimum atomic E-state index is -2.15. The van der Waals surface area contributed by atoms with Crippen LogP contribution in [-0.2, 0) is 0 Å². The first-order valence-electron chi connectivity index (χ1n) is 7.89. The molecule has 114 valence electrons. The van der Waals surface area contributed by atoms with Crippen molar-refractivity contribution in [1.82, 2.24) is 0 Å². The molecule has 0 N–H and O–H groups in total. The Balaban J connectivity index is 2.06. The van der Waals surface area contributed by atoms with E-state index in [1.165, 1.54) is 16.7 Å². The molecule has 0 nitrogen and oxygen atoms in total. The third-order valence-electron chi connectivity index (χ3n) is 3.97. The second-order valence-corrected chi connectivity index (χ2v) is 13.5. The van der Waals surface area contributed by atoms with E-state index in [4.69, 9.17) is 0 Å². The van der Waals surface area contributed by atoms with Crippen LogP contribution in [0.3, 0.4) is 0 Å². The molecule has 23 heavy (non-hydrogen) atoms. The number of hydrogen-bond acceptors (Lipinski definition) is 0. The van der Waals surface area contributed by atoms with Crippen molar-refractivity contribution in [3.05, 3.63) is 99.3 Å². The molecular weight excluding hydrogens is 473 g/mol. The normalized spacial score (nSPS) is 11.3. The van der Waals surface area contributed by atoms with Crippen LogP contribution in [0, 0.1) is 13.8 Å². The van der Waals surface area contributed by atoms with Gasteiger partial charge in [0.05, 0.1) is 0 Å². The Morgan fingerprint density at radius 2 is 1.09 bits per heavy atom. The zero-order chi connectivity index (χ0) is 16.1. The van der Waals surface area contributed by atoms with Crippen molar-refractivity contribution >= 4 is 34.4 Å². The summed E-state index contributed by atoms with van der Waals surface area (Å²) in [6.45, 7) is 4.48. The molecule has 3 aromatic carbocycles. The van der Waals surface area contributed by atoms with E-state index in [0.29, 0.717) is 0 Å². The molecule has 1 heteroatoms. The van der Waals surface area contributed by atoms with E-state index in [9.17, 15) is 0 Å². The maximum atomic E-state index is 2.52. The summed E-state index contributed by atoms with van der Waals surface area (Å²) in [6, 6.07) is 28.4. The van der Waals surface area contributed by atoms with Crippen LogP contribution in [-0.4, -0.2) is 21.8 Å². The molecule has 3 aromatic rings. The van der Waals surface area contributed by atoms with Crippen LogP contribution in [0.1, 0.15) is 16.7 Å². The predicted octanol–water partition coefficient (Wildman–Crippen LogP) is 4.17. The summed E-state index contributed by atoms with van der Waals surface area (Å²) in [5.41, 5.74) is 4.13. The van der Waals surface area contributed by atoms with Gasteiger partial charge in [-0.2, -0.15) is 0 Å². The fourth-order valence-electron chi connectivity index (χ4n) is 2.68. The molecule has 0 spiro atoms. The first-order valence-corrected chi connectivity index (χ1v) is 13.4. The summed E-state index contributed by atoms with van der Waals surface area (Å²) in [7, 11) is 0. The van der Waals surface area contributed by atoms with Crippen LogP contribution >= 0.6 is 0 Å². The molecule has 0 saturated heterocycles. The van der Waals surface area contributed by atoms with E-state index < -0.39 is 21.8 Å². The van der Waals surface area contributed by atoms with E-state index in [2.05, 4.69) is 103 Å². The van der Waals surface area contributed by atoms with Crippen LogP contribution in [0.25, 0.3) is 6.08 Å². The fraction of sp³-hybridized carbons (Fsp3) is 0.0909. The molecule has 0 aliphatic rings. The zero-order valence-corrected chi connectivity index (χ0v) is 17.1. The molecular formula is C22H21Bi. The maximum absolute atomic E-state index is 2.52. The van der Waals surface area contributed by atoms with Crippen LogP contribution in [0.5, 0.6) is 0 Å². The quantitative estimate of drug-likeness (QED) is 0.478. The summed E-state index contributed by atoms with van der Waals surface area (Å²) in [4.78, 5) is 0. The van der Waals surface area contributed by atoms with Gasteiger partial charge in [0.15, 0.2) is 0 Å². The molecule has 0 aromatic heterocycles. The topological polar surface area (TPSA) is 0 Å². The Morgan fingerprint density at radius 3 is 1.61 bits per heavy atom. The third-order valence-corrected chi connectivity index (χ3v) is 13.6. The number of hydrogen-bond donors (Lipinski definition) is 0. The molecule has 0 bridgehead atoms. The molecule has 0 saturated carbocycles. The van der Waals surface area contributed by atoms with Gasteiger partial charge in [0.25, 0.3) is 0 Å². The minimum absolute atomic E-state index is 1.29. The van der Waals surface area contributed by atoms with Gasteiger partial charge in [-0.1, -0.05) is 0 Å². The Bertz CT molecular complexity index is 757.